The van der Waals surface area contributed by atoms with Crippen LogP contribution in [-0.2, 0) is 4.74 Å². The summed E-state index contributed by atoms with van der Waals surface area (Å²) < 4.78 is 4.96. The quantitative estimate of drug-likeness (QED) is 0.699. The fraction of sp³-hybridized carbons (Fsp3) is 0.750. The number of likely N-dealkylation sites (tertiary alicyclic amines) is 1. The number of hydrogen-bond donors (Lipinski definition) is 2. The maximum Gasteiger partial charge on any atom is 0.410 e. The van der Waals surface area contributed by atoms with Crippen LogP contribution in [0.25, 0.3) is 0 Å². The number of rotatable bonds is 5. The zero-order valence-electron chi connectivity index (χ0n) is 10.2. The molecular formula is C12H21NO4. The second kappa shape index (κ2) is 6.61. The van der Waals surface area contributed by atoms with Gasteiger partial charge in [-0.05, 0) is 25.7 Å². The highest BCUT2D eigenvalue weighted by atomic mass is 16.6. The Morgan fingerprint density at radius 1 is 1.71 bits per heavy atom. The SMILES string of the molecule is C=CCOC(=O)N1C[C@@H](CC(C)O)C[C@H]1CO. The van der Waals surface area contributed by atoms with E-state index in [2.05, 4.69) is 6.58 Å². The van der Waals surface area contributed by atoms with Crippen LogP contribution in [0.4, 0.5) is 4.79 Å². The molecule has 5 heteroatoms. The molecule has 1 heterocycles. The molecular weight excluding hydrogens is 222 g/mol. The van der Waals surface area contributed by atoms with Crippen molar-refractivity contribution in [3.63, 3.8) is 0 Å². The van der Waals surface area contributed by atoms with Gasteiger partial charge in [0.25, 0.3) is 0 Å². The molecule has 0 radical (unpaired) electrons. The molecule has 2 N–H and O–H groups in total. The predicted molar refractivity (Wildman–Crippen MR) is 63.5 cm³/mol. The van der Waals surface area contributed by atoms with Crippen LogP contribution in [0.3, 0.4) is 0 Å². The topological polar surface area (TPSA) is 70.0 Å². The first kappa shape index (κ1) is 14.0. The Bertz CT molecular complexity index is 267. The number of carbonyl (C=O) groups excluding carboxylic acids is 1. The summed E-state index contributed by atoms with van der Waals surface area (Å²) in [7, 11) is 0. The smallest absolute Gasteiger partial charge is 0.410 e. The molecule has 0 aromatic carbocycles. The molecule has 3 atom stereocenters. The Hall–Kier alpha value is -1.07. The van der Waals surface area contributed by atoms with Gasteiger partial charge in [0.1, 0.15) is 6.61 Å². The molecule has 5 nitrogen and oxygen atoms in total. The van der Waals surface area contributed by atoms with Crippen LogP contribution in [0.5, 0.6) is 0 Å². The lowest BCUT2D eigenvalue weighted by atomic mass is 9.99. The van der Waals surface area contributed by atoms with Crippen LogP contribution in [0.2, 0.25) is 0 Å². The summed E-state index contributed by atoms with van der Waals surface area (Å²) in [5.74, 6) is 0.225. The fourth-order valence-electron chi connectivity index (χ4n) is 2.28. The largest absolute Gasteiger partial charge is 0.445 e. The summed E-state index contributed by atoms with van der Waals surface area (Å²) in [6.07, 6.45) is 2.06. The highest BCUT2D eigenvalue weighted by molar-refractivity contribution is 5.68. The molecule has 0 aliphatic carbocycles. The Morgan fingerprint density at radius 2 is 2.41 bits per heavy atom. The number of carbonyl (C=O) groups is 1. The summed E-state index contributed by atoms with van der Waals surface area (Å²) in [6, 6.07) is -0.198. The minimum absolute atomic E-state index is 0.0699. The van der Waals surface area contributed by atoms with Gasteiger partial charge in [-0.3, -0.25) is 0 Å². The fourth-order valence-corrected chi connectivity index (χ4v) is 2.28. The van der Waals surface area contributed by atoms with Crippen molar-refractivity contribution in [2.75, 3.05) is 19.8 Å². The number of hydrogen-bond acceptors (Lipinski definition) is 4. The minimum atomic E-state index is -0.419. The molecule has 1 unspecified atom stereocenters. The van der Waals surface area contributed by atoms with Gasteiger partial charge < -0.3 is 19.8 Å². The molecule has 17 heavy (non-hydrogen) atoms. The van der Waals surface area contributed by atoms with Crippen LogP contribution in [0.1, 0.15) is 19.8 Å². The number of aliphatic hydroxyl groups excluding tert-OH is 2. The maximum atomic E-state index is 11.7. The third kappa shape index (κ3) is 4.02. The summed E-state index contributed by atoms with van der Waals surface area (Å²) >= 11 is 0. The zero-order chi connectivity index (χ0) is 12.8. The predicted octanol–water partition coefficient (Wildman–Crippen LogP) is 0.763. The minimum Gasteiger partial charge on any atom is -0.445 e. The lowest BCUT2D eigenvalue weighted by Gasteiger charge is -2.21. The van der Waals surface area contributed by atoms with Crippen molar-refractivity contribution in [3.05, 3.63) is 12.7 Å². The third-order valence-corrected chi connectivity index (χ3v) is 2.95. The molecule has 1 amide bonds. The van der Waals surface area contributed by atoms with Crippen LogP contribution in [0, 0.1) is 5.92 Å². The van der Waals surface area contributed by atoms with Gasteiger partial charge >= 0.3 is 6.09 Å². The molecule has 0 bridgehead atoms. The average Bonchev–Trinajstić information content (AvgIpc) is 2.68. The van der Waals surface area contributed by atoms with E-state index in [0.29, 0.717) is 19.4 Å². The van der Waals surface area contributed by atoms with Gasteiger partial charge in [0.05, 0.1) is 18.8 Å². The van der Waals surface area contributed by atoms with E-state index in [0.717, 1.165) is 0 Å². The highest BCUT2D eigenvalue weighted by Crippen LogP contribution is 2.27. The van der Waals surface area contributed by atoms with Gasteiger partial charge in [-0.15, -0.1) is 0 Å². The first-order valence-electron chi connectivity index (χ1n) is 5.91. The van der Waals surface area contributed by atoms with Crippen molar-refractivity contribution < 1.29 is 19.7 Å². The standard InChI is InChI=1S/C12H21NO4/c1-3-4-17-12(16)13-7-10(5-9(2)15)6-11(13)8-14/h3,9-11,14-15H,1,4-8H2,2H3/t9?,10-,11-/m0/s1. The Morgan fingerprint density at radius 3 is 2.94 bits per heavy atom. The van der Waals surface area contributed by atoms with Gasteiger partial charge in [-0.1, -0.05) is 12.7 Å². The zero-order valence-corrected chi connectivity index (χ0v) is 10.2. The first-order chi connectivity index (χ1) is 8.08. The Labute approximate surface area is 102 Å². The van der Waals surface area contributed by atoms with E-state index in [1.54, 1.807) is 6.92 Å². The van der Waals surface area contributed by atoms with Crippen LogP contribution >= 0.6 is 0 Å². The second-order valence-corrected chi connectivity index (χ2v) is 4.54. The van der Waals surface area contributed by atoms with Crippen LogP contribution in [-0.4, -0.2) is 53.1 Å². The molecule has 0 aromatic heterocycles. The van der Waals surface area contributed by atoms with Gasteiger partial charge in [0.2, 0.25) is 0 Å². The first-order valence-corrected chi connectivity index (χ1v) is 5.91. The van der Waals surface area contributed by atoms with Crippen LogP contribution < -0.4 is 0 Å². The van der Waals surface area contributed by atoms with Crippen molar-refractivity contribution in [2.45, 2.75) is 31.9 Å². The van der Waals surface area contributed by atoms with Crippen molar-refractivity contribution in [1.82, 2.24) is 4.90 Å². The lowest BCUT2D eigenvalue weighted by molar-refractivity contribution is 0.0915. The Kier molecular flexibility index (Phi) is 5.44. The van der Waals surface area contributed by atoms with Crippen molar-refractivity contribution >= 4 is 6.09 Å². The summed E-state index contributed by atoms with van der Waals surface area (Å²) in [5.41, 5.74) is 0. The van der Waals surface area contributed by atoms with E-state index in [-0.39, 0.29) is 31.3 Å². The third-order valence-electron chi connectivity index (χ3n) is 2.95. The highest BCUT2D eigenvalue weighted by Gasteiger charge is 2.35. The van der Waals surface area contributed by atoms with Crippen molar-refractivity contribution in [2.24, 2.45) is 5.92 Å². The molecule has 1 rings (SSSR count). The number of amides is 1. The molecule has 1 saturated heterocycles. The normalized spacial score (nSPS) is 25.7. The Balaban J connectivity index is 2.52. The van der Waals surface area contributed by atoms with E-state index in [1.807, 2.05) is 0 Å². The summed E-state index contributed by atoms with van der Waals surface area (Å²) in [6.45, 7) is 5.84. The molecule has 0 saturated carbocycles. The molecule has 0 spiro atoms. The molecule has 1 fully saturated rings. The molecule has 98 valence electrons. The van der Waals surface area contributed by atoms with E-state index < -0.39 is 6.09 Å². The van der Waals surface area contributed by atoms with Crippen molar-refractivity contribution in [3.8, 4) is 0 Å². The van der Waals surface area contributed by atoms with Gasteiger partial charge in [-0.25, -0.2) is 4.79 Å². The monoisotopic (exact) mass is 243 g/mol. The van der Waals surface area contributed by atoms with Gasteiger partial charge in [0, 0.05) is 6.54 Å². The lowest BCUT2D eigenvalue weighted by Crippen LogP contribution is -2.38. The van der Waals surface area contributed by atoms with Gasteiger partial charge in [-0.2, -0.15) is 0 Å². The summed E-state index contributed by atoms with van der Waals surface area (Å²) in [5, 5.41) is 18.6. The maximum absolute atomic E-state index is 11.7. The molecule has 1 aliphatic rings. The average molecular weight is 243 g/mol. The summed E-state index contributed by atoms with van der Waals surface area (Å²) in [4.78, 5) is 13.2. The second-order valence-electron chi connectivity index (χ2n) is 4.54. The van der Waals surface area contributed by atoms with E-state index in [1.165, 1.54) is 11.0 Å². The van der Waals surface area contributed by atoms with E-state index in [9.17, 15) is 15.0 Å². The van der Waals surface area contributed by atoms with E-state index >= 15 is 0 Å². The van der Waals surface area contributed by atoms with Crippen LogP contribution in [0.15, 0.2) is 12.7 Å². The molecule has 0 aromatic rings. The van der Waals surface area contributed by atoms with Crippen molar-refractivity contribution in [1.29, 1.82) is 0 Å². The number of nitrogens with zero attached hydrogens (tertiary/aromatic N) is 1. The number of aliphatic hydroxyl groups is 2. The number of ether oxygens (including phenoxy) is 1. The van der Waals surface area contributed by atoms with Gasteiger partial charge in [0.15, 0.2) is 0 Å². The van der Waals surface area contributed by atoms with E-state index in [4.69, 9.17) is 4.74 Å². The molecule has 1 aliphatic heterocycles.